The molecule has 0 bridgehead atoms. The molecule has 0 aliphatic heterocycles. The van der Waals surface area contributed by atoms with Gasteiger partial charge in [0.15, 0.2) is 0 Å². The number of carboxylic acids is 1. The van der Waals surface area contributed by atoms with Crippen molar-refractivity contribution < 1.29 is 19.4 Å². The number of amides is 1. The maximum Gasteiger partial charge on any atom is 0.306 e. The molecule has 2 rings (SSSR count). The second-order valence-corrected chi connectivity index (χ2v) is 5.82. The van der Waals surface area contributed by atoms with Gasteiger partial charge in [0, 0.05) is 13.0 Å². The van der Waals surface area contributed by atoms with Crippen molar-refractivity contribution in [3.05, 3.63) is 23.3 Å². The highest BCUT2D eigenvalue weighted by Crippen LogP contribution is 2.41. The summed E-state index contributed by atoms with van der Waals surface area (Å²) >= 11 is 0. The predicted molar refractivity (Wildman–Crippen MR) is 84.3 cm³/mol. The molecule has 0 heterocycles. The molecule has 1 aromatic rings. The maximum absolute atomic E-state index is 11.3. The molecule has 0 unspecified atom stereocenters. The van der Waals surface area contributed by atoms with Gasteiger partial charge in [0.05, 0.1) is 24.3 Å². The number of methoxy groups -OCH3 is 1. The molecule has 0 spiro atoms. The Bertz CT molecular complexity index is 655. The van der Waals surface area contributed by atoms with E-state index in [2.05, 4.69) is 11.4 Å². The van der Waals surface area contributed by atoms with Crippen LogP contribution in [0.15, 0.2) is 12.1 Å². The van der Waals surface area contributed by atoms with Crippen molar-refractivity contribution in [3.63, 3.8) is 0 Å². The number of nitrogens with zero attached hydrogens (tertiary/aromatic N) is 1. The quantitative estimate of drug-likeness (QED) is 0.889. The largest absolute Gasteiger partial charge is 0.496 e. The lowest BCUT2D eigenvalue weighted by atomic mass is 9.78. The lowest BCUT2D eigenvalue weighted by Gasteiger charge is -2.28. The van der Waals surface area contributed by atoms with E-state index in [1.807, 2.05) is 0 Å². The lowest BCUT2D eigenvalue weighted by molar-refractivity contribution is -0.142. The van der Waals surface area contributed by atoms with Gasteiger partial charge in [-0.1, -0.05) is 0 Å². The van der Waals surface area contributed by atoms with Gasteiger partial charge in [0.25, 0.3) is 0 Å². The summed E-state index contributed by atoms with van der Waals surface area (Å²) in [6.07, 6.45) is 2.74. The van der Waals surface area contributed by atoms with Gasteiger partial charge in [-0.05, 0) is 43.2 Å². The molecule has 6 heteroatoms. The van der Waals surface area contributed by atoms with E-state index in [-0.39, 0.29) is 17.7 Å². The first-order valence-electron chi connectivity index (χ1n) is 7.58. The number of carboxylic acid groups (broad SMARTS) is 1. The minimum Gasteiger partial charge on any atom is -0.496 e. The summed E-state index contributed by atoms with van der Waals surface area (Å²) in [5.74, 6) is -0.496. The first-order valence-corrected chi connectivity index (χ1v) is 7.58. The van der Waals surface area contributed by atoms with Gasteiger partial charge in [-0.25, -0.2) is 0 Å². The number of ether oxygens (including phenoxy) is 1. The van der Waals surface area contributed by atoms with Crippen molar-refractivity contribution in [2.24, 2.45) is 5.92 Å². The number of benzene rings is 1. The summed E-state index contributed by atoms with van der Waals surface area (Å²) in [6.45, 7) is 1.38. The van der Waals surface area contributed by atoms with Crippen molar-refractivity contribution in [3.8, 4) is 11.8 Å². The molecule has 1 aliphatic rings. The second kappa shape index (κ2) is 7.14. The number of aliphatic carboxylic acids is 1. The van der Waals surface area contributed by atoms with Crippen LogP contribution in [0.5, 0.6) is 5.75 Å². The zero-order chi connectivity index (χ0) is 17.0. The monoisotopic (exact) mass is 316 g/mol. The number of rotatable bonds is 4. The van der Waals surface area contributed by atoms with E-state index in [1.54, 1.807) is 19.2 Å². The maximum atomic E-state index is 11.3. The Balaban J connectivity index is 2.30. The van der Waals surface area contributed by atoms with Crippen LogP contribution in [0.3, 0.4) is 0 Å². The van der Waals surface area contributed by atoms with Crippen molar-refractivity contribution in [1.82, 2.24) is 0 Å². The van der Waals surface area contributed by atoms with Gasteiger partial charge >= 0.3 is 5.97 Å². The van der Waals surface area contributed by atoms with Crippen molar-refractivity contribution in [2.45, 2.75) is 38.5 Å². The van der Waals surface area contributed by atoms with Gasteiger partial charge in [0.1, 0.15) is 11.8 Å². The molecule has 1 aliphatic carbocycles. The molecular formula is C17H20N2O4. The van der Waals surface area contributed by atoms with E-state index in [9.17, 15) is 14.9 Å². The van der Waals surface area contributed by atoms with Gasteiger partial charge < -0.3 is 15.2 Å². The molecule has 1 fully saturated rings. The number of carbonyl (C=O) groups is 2. The second-order valence-electron chi connectivity index (χ2n) is 5.82. The van der Waals surface area contributed by atoms with Crippen LogP contribution in [0.25, 0.3) is 0 Å². The molecule has 0 saturated heterocycles. The summed E-state index contributed by atoms with van der Waals surface area (Å²) in [4.78, 5) is 22.3. The Labute approximate surface area is 135 Å². The smallest absolute Gasteiger partial charge is 0.306 e. The summed E-state index contributed by atoms with van der Waals surface area (Å²) < 4.78 is 5.42. The Kier molecular flexibility index (Phi) is 5.22. The number of carbonyl (C=O) groups excluding carboxylic acids is 1. The van der Waals surface area contributed by atoms with Gasteiger partial charge in [0.2, 0.25) is 5.91 Å². The van der Waals surface area contributed by atoms with E-state index in [0.29, 0.717) is 29.8 Å². The fraction of sp³-hybridized carbons (Fsp3) is 0.471. The van der Waals surface area contributed by atoms with Crippen LogP contribution >= 0.6 is 0 Å². The first-order chi connectivity index (χ1) is 11.0. The Morgan fingerprint density at radius 1 is 1.30 bits per heavy atom. The van der Waals surface area contributed by atoms with E-state index >= 15 is 0 Å². The molecule has 2 N–H and O–H groups in total. The highest BCUT2D eigenvalue weighted by atomic mass is 16.5. The van der Waals surface area contributed by atoms with E-state index in [1.165, 1.54) is 6.92 Å². The van der Waals surface area contributed by atoms with Gasteiger partial charge in [-0.3, -0.25) is 9.59 Å². The number of hydrogen-bond acceptors (Lipinski definition) is 4. The van der Waals surface area contributed by atoms with Crippen molar-refractivity contribution >= 4 is 17.6 Å². The first kappa shape index (κ1) is 16.8. The third-order valence-corrected chi connectivity index (χ3v) is 4.32. The Hall–Kier alpha value is -2.55. The molecule has 1 saturated carbocycles. The number of nitriles is 1. The summed E-state index contributed by atoms with van der Waals surface area (Å²) in [6, 6.07) is 5.51. The predicted octanol–water partition coefficient (Wildman–Crippen LogP) is 2.88. The van der Waals surface area contributed by atoms with Crippen LogP contribution in [0.2, 0.25) is 0 Å². The van der Waals surface area contributed by atoms with Crippen molar-refractivity contribution in [1.29, 1.82) is 5.26 Å². The van der Waals surface area contributed by atoms with Crippen LogP contribution in [-0.2, 0) is 9.59 Å². The minimum atomic E-state index is -0.742. The van der Waals surface area contributed by atoms with Crippen LogP contribution < -0.4 is 10.1 Å². The molecule has 23 heavy (non-hydrogen) atoms. The summed E-state index contributed by atoms with van der Waals surface area (Å²) in [5.41, 5.74) is 1.72. The normalized spacial score (nSPS) is 20.4. The molecule has 0 aromatic heterocycles. The topological polar surface area (TPSA) is 99.4 Å². The number of anilines is 1. The molecule has 0 atom stereocenters. The Morgan fingerprint density at radius 2 is 1.96 bits per heavy atom. The van der Waals surface area contributed by atoms with E-state index in [4.69, 9.17) is 9.84 Å². The SMILES string of the molecule is COc1cc(NC(C)=O)c(C#N)cc1C1CCC(C(=O)O)CC1. The molecular weight excluding hydrogens is 296 g/mol. The fourth-order valence-corrected chi connectivity index (χ4v) is 3.13. The highest BCUT2D eigenvalue weighted by Gasteiger charge is 2.29. The minimum absolute atomic E-state index is 0.166. The van der Waals surface area contributed by atoms with Crippen LogP contribution in [0, 0.1) is 17.2 Å². The number of hydrogen-bond donors (Lipinski definition) is 2. The molecule has 0 radical (unpaired) electrons. The average Bonchev–Trinajstić information content (AvgIpc) is 2.54. The third-order valence-electron chi connectivity index (χ3n) is 4.32. The van der Waals surface area contributed by atoms with Crippen LogP contribution in [0.1, 0.15) is 49.7 Å². The summed E-state index contributed by atoms with van der Waals surface area (Å²) in [7, 11) is 1.55. The van der Waals surface area contributed by atoms with Crippen LogP contribution in [0.4, 0.5) is 5.69 Å². The zero-order valence-corrected chi connectivity index (χ0v) is 13.3. The molecule has 122 valence electrons. The Morgan fingerprint density at radius 3 is 2.43 bits per heavy atom. The van der Waals surface area contributed by atoms with Gasteiger partial charge in [-0.2, -0.15) is 5.26 Å². The zero-order valence-electron chi connectivity index (χ0n) is 13.3. The van der Waals surface area contributed by atoms with Crippen molar-refractivity contribution in [2.75, 3.05) is 12.4 Å². The average molecular weight is 316 g/mol. The molecule has 1 aromatic carbocycles. The molecule has 6 nitrogen and oxygen atoms in total. The third kappa shape index (κ3) is 3.81. The molecule has 1 amide bonds. The number of nitrogens with one attached hydrogen (secondary N) is 1. The highest BCUT2D eigenvalue weighted by molar-refractivity contribution is 5.90. The van der Waals surface area contributed by atoms with Gasteiger partial charge in [-0.15, -0.1) is 0 Å². The van der Waals surface area contributed by atoms with E-state index in [0.717, 1.165) is 18.4 Å². The summed E-state index contributed by atoms with van der Waals surface area (Å²) in [5, 5.41) is 21.0. The lowest BCUT2D eigenvalue weighted by Crippen LogP contribution is -2.21. The van der Waals surface area contributed by atoms with Crippen LogP contribution in [-0.4, -0.2) is 24.1 Å². The van der Waals surface area contributed by atoms with E-state index < -0.39 is 5.97 Å². The fourth-order valence-electron chi connectivity index (χ4n) is 3.13. The standard InChI is InChI=1S/C17H20N2O4/c1-10(20)19-15-8-16(23-2)14(7-13(15)9-18)11-3-5-12(6-4-11)17(21)22/h7-8,11-12H,3-6H2,1-2H3,(H,19,20)(H,21,22).